The molecule has 1 N–H and O–H groups in total. The fourth-order valence-electron chi connectivity index (χ4n) is 3.33. The molecule has 1 aliphatic carbocycles. The van der Waals surface area contributed by atoms with E-state index in [1.54, 1.807) is 7.11 Å². The summed E-state index contributed by atoms with van der Waals surface area (Å²) in [6.07, 6.45) is 4.63. The van der Waals surface area contributed by atoms with Crippen LogP contribution >= 0.6 is 0 Å². The Morgan fingerprint density at radius 3 is 2.82 bits per heavy atom. The lowest BCUT2D eigenvalue weighted by molar-refractivity contribution is 0.412. The van der Waals surface area contributed by atoms with Crippen LogP contribution in [0.15, 0.2) is 12.1 Å². The summed E-state index contributed by atoms with van der Waals surface area (Å²) in [7, 11) is 1.71. The number of aromatic nitrogens is 3. The topological polar surface area (TPSA) is 54.0 Å². The number of aryl methyl sites for hydroxylation is 1. The van der Waals surface area contributed by atoms with Gasteiger partial charge in [-0.3, -0.25) is 5.10 Å². The van der Waals surface area contributed by atoms with Crippen LogP contribution < -0.4 is 9.64 Å². The van der Waals surface area contributed by atoms with Gasteiger partial charge in [0.2, 0.25) is 0 Å². The van der Waals surface area contributed by atoms with Crippen molar-refractivity contribution in [2.45, 2.75) is 38.5 Å². The second kappa shape index (κ2) is 5.30. The van der Waals surface area contributed by atoms with E-state index in [2.05, 4.69) is 15.1 Å². The van der Waals surface area contributed by atoms with Gasteiger partial charge in [-0.2, -0.15) is 5.10 Å². The molecule has 0 unspecified atom stereocenters. The van der Waals surface area contributed by atoms with Gasteiger partial charge < -0.3 is 9.64 Å². The minimum atomic E-state index is 0.707. The van der Waals surface area contributed by atoms with Gasteiger partial charge in [0, 0.05) is 36.8 Å². The zero-order chi connectivity index (χ0) is 15.1. The molecule has 0 amide bonds. The third-order valence-electron chi connectivity index (χ3n) is 4.71. The van der Waals surface area contributed by atoms with Crippen molar-refractivity contribution in [3.63, 3.8) is 0 Å². The van der Waals surface area contributed by atoms with Crippen molar-refractivity contribution in [2.24, 2.45) is 0 Å². The van der Waals surface area contributed by atoms with Crippen LogP contribution in [0.4, 0.5) is 5.82 Å². The van der Waals surface area contributed by atoms with E-state index >= 15 is 0 Å². The standard InChI is InChI=1S/C17H22N4O/c1-11-3-6-15(22-2)17(18-11)21-9-7-13-14(8-10-21)19-20-16(13)12-4-5-12/h3,6,12H,4-5,7-10H2,1-2H3,(H,19,20). The molecule has 1 aliphatic heterocycles. The van der Waals surface area contributed by atoms with Crippen LogP contribution in [-0.2, 0) is 12.8 Å². The number of fused-ring (bicyclic) bond motifs is 1. The van der Waals surface area contributed by atoms with Crippen molar-refractivity contribution in [3.8, 4) is 5.75 Å². The summed E-state index contributed by atoms with van der Waals surface area (Å²) in [6, 6.07) is 4.01. The highest BCUT2D eigenvalue weighted by Crippen LogP contribution is 2.42. The molecule has 2 aliphatic rings. The van der Waals surface area contributed by atoms with E-state index in [1.807, 2.05) is 19.1 Å². The van der Waals surface area contributed by atoms with E-state index in [-0.39, 0.29) is 0 Å². The van der Waals surface area contributed by atoms with Gasteiger partial charge in [-0.1, -0.05) is 0 Å². The molecular weight excluding hydrogens is 276 g/mol. The maximum absolute atomic E-state index is 5.50. The van der Waals surface area contributed by atoms with Crippen LogP contribution in [0.2, 0.25) is 0 Å². The predicted octanol–water partition coefficient (Wildman–Crippen LogP) is 2.60. The van der Waals surface area contributed by atoms with Gasteiger partial charge in [0.15, 0.2) is 11.6 Å². The van der Waals surface area contributed by atoms with Crippen molar-refractivity contribution in [2.75, 3.05) is 25.1 Å². The number of nitrogens with one attached hydrogen (secondary N) is 1. The summed E-state index contributed by atoms with van der Waals surface area (Å²) < 4.78 is 5.50. The minimum Gasteiger partial charge on any atom is -0.493 e. The number of aromatic amines is 1. The van der Waals surface area contributed by atoms with Gasteiger partial charge in [-0.25, -0.2) is 4.98 Å². The largest absolute Gasteiger partial charge is 0.493 e. The molecule has 0 spiro atoms. The number of rotatable bonds is 3. The number of hydrogen-bond acceptors (Lipinski definition) is 4. The number of pyridine rings is 1. The first-order valence-electron chi connectivity index (χ1n) is 8.09. The molecule has 1 fully saturated rings. The average Bonchev–Trinajstić information content (AvgIpc) is 3.32. The van der Waals surface area contributed by atoms with Crippen LogP contribution in [-0.4, -0.2) is 35.4 Å². The highest BCUT2D eigenvalue weighted by atomic mass is 16.5. The number of hydrogen-bond donors (Lipinski definition) is 1. The van der Waals surface area contributed by atoms with Gasteiger partial charge in [-0.15, -0.1) is 0 Å². The monoisotopic (exact) mass is 298 g/mol. The third kappa shape index (κ3) is 2.34. The Balaban J connectivity index is 1.60. The van der Waals surface area contributed by atoms with Gasteiger partial charge in [-0.05, 0) is 43.9 Å². The Hall–Kier alpha value is -2.04. The Morgan fingerprint density at radius 2 is 2.05 bits per heavy atom. The zero-order valence-corrected chi connectivity index (χ0v) is 13.2. The van der Waals surface area contributed by atoms with Crippen molar-refractivity contribution in [1.29, 1.82) is 0 Å². The van der Waals surface area contributed by atoms with E-state index < -0.39 is 0 Å². The summed E-state index contributed by atoms with van der Waals surface area (Å²) >= 11 is 0. The highest BCUT2D eigenvalue weighted by Gasteiger charge is 2.31. The van der Waals surface area contributed by atoms with E-state index in [9.17, 15) is 0 Å². The maximum Gasteiger partial charge on any atom is 0.171 e. The minimum absolute atomic E-state index is 0.707. The van der Waals surface area contributed by atoms with E-state index in [1.165, 1.54) is 29.8 Å². The van der Waals surface area contributed by atoms with Gasteiger partial charge in [0.05, 0.1) is 12.8 Å². The molecule has 116 valence electrons. The summed E-state index contributed by atoms with van der Waals surface area (Å²) in [5.41, 5.74) is 5.12. The smallest absolute Gasteiger partial charge is 0.171 e. The molecule has 0 atom stereocenters. The normalized spacial score (nSPS) is 18.0. The Bertz CT molecular complexity index is 690. The molecule has 5 nitrogen and oxygen atoms in total. The number of ether oxygens (including phenoxy) is 1. The fourth-order valence-corrected chi connectivity index (χ4v) is 3.33. The van der Waals surface area contributed by atoms with Crippen LogP contribution in [0.1, 0.15) is 41.4 Å². The molecule has 0 radical (unpaired) electrons. The van der Waals surface area contributed by atoms with Gasteiger partial charge >= 0.3 is 0 Å². The molecule has 0 saturated heterocycles. The SMILES string of the molecule is COc1ccc(C)nc1N1CCc2[nH]nc(C3CC3)c2CC1. The first kappa shape index (κ1) is 13.6. The summed E-state index contributed by atoms with van der Waals surface area (Å²) in [5, 5.41) is 7.83. The quantitative estimate of drug-likeness (QED) is 0.946. The average molecular weight is 298 g/mol. The number of H-pyrrole nitrogens is 1. The van der Waals surface area contributed by atoms with Crippen molar-refractivity contribution in [1.82, 2.24) is 15.2 Å². The molecule has 1 saturated carbocycles. The molecule has 0 bridgehead atoms. The fraction of sp³-hybridized carbons (Fsp3) is 0.529. The highest BCUT2D eigenvalue weighted by molar-refractivity contribution is 5.54. The molecule has 2 aromatic rings. The molecule has 5 heteroatoms. The molecule has 22 heavy (non-hydrogen) atoms. The first-order chi connectivity index (χ1) is 10.8. The van der Waals surface area contributed by atoms with Gasteiger partial charge in [0.25, 0.3) is 0 Å². The van der Waals surface area contributed by atoms with E-state index in [0.717, 1.165) is 43.2 Å². The Morgan fingerprint density at radius 1 is 1.23 bits per heavy atom. The maximum atomic E-state index is 5.50. The number of methoxy groups -OCH3 is 1. The van der Waals surface area contributed by atoms with Crippen LogP contribution in [0.25, 0.3) is 0 Å². The number of nitrogens with zero attached hydrogens (tertiary/aromatic N) is 3. The second-order valence-electron chi connectivity index (χ2n) is 6.31. The van der Waals surface area contributed by atoms with Crippen molar-refractivity contribution < 1.29 is 4.74 Å². The first-order valence-corrected chi connectivity index (χ1v) is 8.09. The molecule has 0 aromatic carbocycles. The zero-order valence-electron chi connectivity index (χ0n) is 13.2. The summed E-state index contributed by atoms with van der Waals surface area (Å²) in [4.78, 5) is 7.05. The molecular formula is C17H22N4O. The summed E-state index contributed by atoms with van der Waals surface area (Å²) in [5.74, 6) is 2.53. The number of anilines is 1. The molecule has 3 heterocycles. The van der Waals surface area contributed by atoms with Crippen LogP contribution in [0, 0.1) is 6.92 Å². The predicted molar refractivity (Wildman–Crippen MR) is 85.7 cm³/mol. The lowest BCUT2D eigenvalue weighted by atomic mass is 10.1. The summed E-state index contributed by atoms with van der Waals surface area (Å²) in [6.45, 7) is 3.95. The second-order valence-corrected chi connectivity index (χ2v) is 6.31. The Kier molecular flexibility index (Phi) is 3.28. The molecule has 2 aromatic heterocycles. The lowest BCUT2D eigenvalue weighted by Crippen LogP contribution is -2.27. The van der Waals surface area contributed by atoms with Crippen molar-refractivity contribution >= 4 is 5.82 Å². The Labute approximate surface area is 130 Å². The van der Waals surface area contributed by atoms with Crippen LogP contribution in [0.5, 0.6) is 5.75 Å². The molecule has 4 rings (SSSR count). The van der Waals surface area contributed by atoms with Crippen molar-refractivity contribution in [3.05, 3.63) is 34.8 Å². The van der Waals surface area contributed by atoms with E-state index in [0.29, 0.717) is 5.92 Å². The van der Waals surface area contributed by atoms with Crippen LogP contribution in [0.3, 0.4) is 0 Å². The van der Waals surface area contributed by atoms with E-state index in [4.69, 9.17) is 9.72 Å². The third-order valence-corrected chi connectivity index (χ3v) is 4.71. The lowest BCUT2D eigenvalue weighted by Gasteiger charge is -2.23. The van der Waals surface area contributed by atoms with Gasteiger partial charge in [0.1, 0.15) is 0 Å².